The summed E-state index contributed by atoms with van der Waals surface area (Å²) >= 11 is 3.65. The molecule has 2 aromatic carbocycles. The molecule has 1 atom stereocenters. The van der Waals surface area contributed by atoms with E-state index < -0.39 is 12.2 Å². The molecule has 4 amide bonds. The Bertz CT molecular complexity index is 1390. The van der Waals surface area contributed by atoms with Crippen LogP contribution in [0.15, 0.2) is 40.9 Å². The lowest BCUT2D eigenvalue weighted by molar-refractivity contribution is -0.142. The van der Waals surface area contributed by atoms with Crippen LogP contribution in [0.4, 0.5) is 15.3 Å². The minimum Gasteiger partial charge on any atom is -0.436 e. The minimum absolute atomic E-state index is 0.0470. The summed E-state index contributed by atoms with van der Waals surface area (Å²) < 4.78 is 7.17. The zero-order valence-electron chi connectivity index (χ0n) is 27.2. The second kappa shape index (κ2) is 14.8. The largest absolute Gasteiger partial charge is 0.436 e. The molecule has 2 N–H and O–H groups in total. The first kappa shape index (κ1) is 32.8. The number of hydrogen-bond acceptors (Lipinski definition) is 5. The van der Waals surface area contributed by atoms with Gasteiger partial charge in [0.1, 0.15) is 0 Å². The topological polar surface area (TPSA) is 94.2 Å². The number of para-hydroxylation sites is 1. The number of hydrogen-bond donors (Lipinski definition) is 2. The van der Waals surface area contributed by atoms with E-state index in [0.717, 1.165) is 70.7 Å². The Morgan fingerprint density at radius 1 is 0.891 bits per heavy atom. The number of halogens is 1. The van der Waals surface area contributed by atoms with Gasteiger partial charge in [0.05, 0.1) is 0 Å². The van der Waals surface area contributed by atoms with E-state index in [2.05, 4.69) is 44.8 Å². The highest BCUT2D eigenvalue weighted by Gasteiger charge is 2.36. The average molecular weight is 695 g/mol. The van der Waals surface area contributed by atoms with Gasteiger partial charge in [-0.05, 0) is 112 Å². The Morgan fingerprint density at radius 3 is 2.22 bits per heavy atom. The van der Waals surface area contributed by atoms with Gasteiger partial charge in [-0.15, -0.1) is 0 Å². The van der Waals surface area contributed by atoms with Gasteiger partial charge in [-0.25, -0.2) is 9.59 Å². The minimum atomic E-state index is -0.879. The van der Waals surface area contributed by atoms with Gasteiger partial charge < -0.3 is 30.1 Å². The zero-order chi connectivity index (χ0) is 32.2. The molecule has 3 fully saturated rings. The first-order valence-corrected chi connectivity index (χ1v) is 17.9. The molecule has 10 heteroatoms. The van der Waals surface area contributed by atoms with Crippen LogP contribution in [-0.4, -0.2) is 90.7 Å². The number of nitrogens with one attached hydrogen (secondary N) is 2. The van der Waals surface area contributed by atoms with E-state index in [0.29, 0.717) is 57.9 Å². The second-order valence-corrected chi connectivity index (χ2v) is 14.4. The quantitative estimate of drug-likeness (QED) is 0.393. The standard InChI is InChI=1S/C36H48BrN5O4/c1-24-21-26(22-25(2)33(24)37)23-32(34(43)40-16-9-28(10-17-40)27-7-14-38-15-8-27)46-36(45)41-18-12-30(13-19-41)42-20-11-29-5-3-4-6-31(29)39-35(42)44/h3-6,21-22,27-28,30,32,38H,7-20,23H2,1-2H3,(H,39,44)/t32-/m1/s1. The van der Waals surface area contributed by atoms with Gasteiger partial charge in [-0.3, -0.25) is 4.79 Å². The number of amides is 4. The molecule has 248 valence electrons. The van der Waals surface area contributed by atoms with Crippen molar-refractivity contribution in [2.75, 3.05) is 51.1 Å². The molecule has 4 heterocycles. The molecule has 0 spiro atoms. The zero-order valence-corrected chi connectivity index (χ0v) is 28.8. The number of anilines is 1. The van der Waals surface area contributed by atoms with Crippen LogP contribution in [0.3, 0.4) is 0 Å². The maximum Gasteiger partial charge on any atom is 0.410 e. The van der Waals surface area contributed by atoms with Crippen molar-refractivity contribution in [2.45, 2.75) is 77.4 Å². The molecule has 0 aliphatic carbocycles. The monoisotopic (exact) mass is 693 g/mol. The fraction of sp³-hybridized carbons (Fsp3) is 0.583. The Hall–Kier alpha value is -3.11. The van der Waals surface area contributed by atoms with Crippen molar-refractivity contribution >= 4 is 39.6 Å². The van der Waals surface area contributed by atoms with E-state index in [1.165, 1.54) is 12.8 Å². The van der Waals surface area contributed by atoms with Gasteiger partial charge in [-0.1, -0.05) is 46.3 Å². The first-order valence-electron chi connectivity index (χ1n) is 17.1. The lowest BCUT2D eigenvalue weighted by Gasteiger charge is -2.39. The van der Waals surface area contributed by atoms with E-state index in [1.54, 1.807) is 4.90 Å². The van der Waals surface area contributed by atoms with Crippen LogP contribution in [0, 0.1) is 25.7 Å². The number of likely N-dealkylation sites (tertiary alicyclic amines) is 2. The predicted octanol–water partition coefficient (Wildman–Crippen LogP) is 5.91. The van der Waals surface area contributed by atoms with Crippen molar-refractivity contribution in [2.24, 2.45) is 11.8 Å². The number of rotatable bonds is 6. The van der Waals surface area contributed by atoms with Crippen molar-refractivity contribution in [1.82, 2.24) is 20.0 Å². The number of carbonyl (C=O) groups excluding carboxylic acids is 3. The molecule has 46 heavy (non-hydrogen) atoms. The normalized spacial score (nSPS) is 20.9. The third-order valence-corrected chi connectivity index (χ3v) is 11.9. The molecule has 3 saturated heterocycles. The van der Waals surface area contributed by atoms with Crippen LogP contribution in [-0.2, 0) is 22.4 Å². The molecule has 0 aromatic heterocycles. The Kier molecular flexibility index (Phi) is 10.5. The molecular formula is C36H48BrN5O4. The summed E-state index contributed by atoms with van der Waals surface area (Å²) in [7, 11) is 0. The number of nitrogens with zero attached hydrogens (tertiary/aromatic N) is 3. The SMILES string of the molecule is Cc1cc(C[C@@H](OC(=O)N2CCC(N3CCc4ccccc4NC3=O)CC2)C(=O)N2CCC(C3CCNCC3)CC2)cc(C)c1Br. The van der Waals surface area contributed by atoms with Crippen molar-refractivity contribution in [3.8, 4) is 0 Å². The average Bonchev–Trinajstić information content (AvgIpc) is 3.25. The number of fused-ring (bicyclic) bond motifs is 1. The molecule has 0 saturated carbocycles. The van der Waals surface area contributed by atoms with Crippen LogP contribution in [0.5, 0.6) is 0 Å². The van der Waals surface area contributed by atoms with Gasteiger partial charge in [-0.2, -0.15) is 0 Å². The number of carbonyl (C=O) groups is 3. The van der Waals surface area contributed by atoms with Gasteiger partial charge >= 0.3 is 12.1 Å². The molecule has 2 aromatic rings. The summed E-state index contributed by atoms with van der Waals surface area (Å²) in [5, 5.41) is 6.53. The number of benzene rings is 2. The van der Waals surface area contributed by atoms with Crippen molar-refractivity contribution in [3.63, 3.8) is 0 Å². The summed E-state index contributed by atoms with van der Waals surface area (Å²) in [6.07, 6.45) is 5.62. The second-order valence-electron chi connectivity index (χ2n) is 13.6. The van der Waals surface area contributed by atoms with Gasteiger partial charge in [0.15, 0.2) is 6.10 Å². The molecule has 4 aliphatic rings. The highest BCUT2D eigenvalue weighted by atomic mass is 79.9. The number of piperidine rings is 3. The van der Waals surface area contributed by atoms with E-state index in [-0.39, 0.29) is 18.0 Å². The fourth-order valence-electron chi connectivity index (χ4n) is 7.95. The van der Waals surface area contributed by atoms with Crippen molar-refractivity contribution < 1.29 is 19.1 Å². The Labute approximate surface area is 281 Å². The first-order chi connectivity index (χ1) is 22.3. The number of ether oxygens (including phenoxy) is 1. The highest BCUT2D eigenvalue weighted by Crippen LogP contribution is 2.32. The number of aryl methyl sites for hydroxylation is 2. The molecule has 0 radical (unpaired) electrons. The van der Waals surface area contributed by atoms with Gasteiger partial charge in [0.2, 0.25) is 0 Å². The fourth-order valence-corrected chi connectivity index (χ4v) is 8.18. The van der Waals surface area contributed by atoms with Crippen LogP contribution >= 0.6 is 15.9 Å². The molecule has 9 nitrogen and oxygen atoms in total. The molecular weight excluding hydrogens is 646 g/mol. The smallest absolute Gasteiger partial charge is 0.410 e. The summed E-state index contributed by atoms with van der Waals surface area (Å²) in [6, 6.07) is 12.1. The highest BCUT2D eigenvalue weighted by molar-refractivity contribution is 9.10. The summed E-state index contributed by atoms with van der Waals surface area (Å²) in [5.41, 5.74) is 5.19. The molecule has 0 bridgehead atoms. The molecule has 0 unspecified atom stereocenters. The van der Waals surface area contributed by atoms with Crippen LogP contribution in [0.25, 0.3) is 0 Å². The maximum absolute atomic E-state index is 14.0. The predicted molar refractivity (Wildman–Crippen MR) is 183 cm³/mol. The maximum atomic E-state index is 14.0. The number of urea groups is 1. The summed E-state index contributed by atoms with van der Waals surface area (Å²) in [5.74, 6) is 1.30. The van der Waals surface area contributed by atoms with E-state index in [4.69, 9.17) is 4.74 Å². The molecule has 4 aliphatic heterocycles. The van der Waals surface area contributed by atoms with Crippen LogP contribution < -0.4 is 10.6 Å². The van der Waals surface area contributed by atoms with Gasteiger partial charge in [0, 0.05) is 55.3 Å². The third kappa shape index (κ3) is 7.54. The van der Waals surface area contributed by atoms with Crippen molar-refractivity contribution in [3.05, 3.63) is 63.1 Å². The molecule has 6 rings (SSSR count). The van der Waals surface area contributed by atoms with E-state index in [1.807, 2.05) is 41.8 Å². The van der Waals surface area contributed by atoms with Crippen LogP contribution in [0.1, 0.15) is 60.8 Å². The summed E-state index contributed by atoms with van der Waals surface area (Å²) in [4.78, 5) is 46.3. The Morgan fingerprint density at radius 2 is 1.52 bits per heavy atom. The third-order valence-electron chi connectivity index (χ3n) is 10.6. The van der Waals surface area contributed by atoms with Crippen molar-refractivity contribution in [1.29, 1.82) is 0 Å². The van der Waals surface area contributed by atoms with Crippen LogP contribution in [0.2, 0.25) is 0 Å². The Balaban J connectivity index is 1.09. The van der Waals surface area contributed by atoms with Gasteiger partial charge in [0.25, 0.3) is 5.91 Å². The van der Waals surface area contributed by atoms with E-state index >= 15 is 0 Å². The summed E-state index contributed by atoms with van der Waals surface area (Å²) in [6.45, 7) is 9.31. The lowest BCUT2D eigenvalue weighted by Crippen LogP contribution is -2.52. The lowest BCUT2D eigenvalue weighted by atomic mass is 9.79. The van der Waals surface area contributed by atoms with E-state index in [9.17, 15) is 14.4 Å².